The molecule has 1 amide bonds. The van der Waals surface area contributed by atoms with Gasteiger partial charge >= 0.3 is 0 Å². The SMILES string of the molecule is C=CCN(Cc1ccc(Cl)s1)C(=O)c1ccc(C)c(S(N)(=O)=O)c1. The van der Waals surface area contributed by atoms with Crippen molar-refractivity contribution in [3.63, 3.8) is 0 Å². The number of nitrogens with two attached hydrogens (primary N) is 1. The van der Waals surface area contributed by atoms with Crippen LogP contribution in [0.25, 0.3) is 0 Å². The van der Waals surface area contributed by atoms with E-state index >= 15 is 0 Å². The van der Waals surface area contributed by atoms with Gasteiger partial charge in [0.05, 0.1) is 15.8 Å². The van der Waals surface area contributed by atoms with E-state index in [1.807, 2.05) is 6.07 Å². The van der Waals surface area contributed by atoms with Crippen molar-refractivity contribution in [2.24, 2.45) is 5.14 Å². The maximum atomic E-state index is 12.8. The number of carbonyl (C=O) groups excluding carboxylic acids is 1. The van der Waals surface area contributed by atoms with Gasteiger partial charge in [-0.3, -0.25) is 4.79 Å². The fourth-order valence-electron chi connectivity index (χ4n) is 2.22. The molecular formula is C16H17ClN2O3S2. The molecule has 8 heteroatoms. The normalized spacial score (nSPS) is 11.3. The first-order valence-electron chi connectivity index (χ1n) is 7.00. The van der Waals surface area contributed by atoms with Crippen molar-refractivity contribution in [2.75, 3.05) is 6.54 Å². The third-order valence-electron chi connectivity index (χ3n) is 3.35. The van der Waals surface area contributed by atoms with E-state index in [-0.39, 0.29) is 16.4 Å². The third kappa shape index (κ3) is 4.45. The van der Waals surface area contributed by atoms with Crippen molar-refractivity contribution in [3.8, 4) is 0 Å². The van der Waals surface area contributed by atoms with Crippen molar-refractivity contribution < 1.29 is 13.2 Å². The third-order valence-corrected chi connectivity index (χ3v) is 5.62. The van der Waals surface area contributed by atoms with Crippen LogP contribution in [-0.4, -0.2) is 25.8 Å². The maximum absolute atomic E-state index is 12.8. The van der Waals surface area contributed by atoms with Gasteiger partial charge in [0.2, 0.25) is 10.0 Å². The number of rotatable bonds is 6. The Kier molecular flexibility index (Phi) is 5.82. The van der Waals surface area contributed by atoms with E-state index in [9.17, 15) is 13.2 Å². The average molecular weight is 385 g/mol. The van der Waals surface area contributed by atoms with Crippen molar-refractivity contribution >= 4 is 38.9 Å². The molecule has 0 spiro atoms. The summed E-state index contributed by atoms with van der Waals surface area (Å²) in [7, 11) is -3.89. The number of hydrogen-bond acceptors (Lipinski definition) is 4. The molecule has 1 heterocycles. The number of benzene rings is 1. The highest BCUT2D eigenvalue weighted by Crippen LogP contribution is 2.24. The van der Waals surface area contributed by atoms with Gasteiger partial charge in [0.15, 0.2) is 0 Å². The zero-order valence-corrected chi connectivity index (χ0v) is 15.4. The van der Waals surface area contributed by atoms with E-state index in [2.05, 4.69) is 6.58 Å². The van der Waals surface area contributed by atoms with E-state index in [1.54, 1.807) is 36.1 Å². The fourth-order valence-corrected chi connectivity index (χ4v) is 4.13. The highest BCUT2D eigenvalue weighted by molar-refractivity contribution is 7.89. The van der Waals surface area contributed by atoms with Crippen LogP contribution in [0, 0.1) is 6.92 Å². The summed E-state index contributed by atoms with van der Waals surface area (Å²) in [6.07, 6.45) is 1.61. The molecule has 0 aliphatic rings. The minimum Gasteiger partial charge on any atom is -0.330 e. The van der Waals surface area contributed by atoms with Crippen LogP contribution in [0.4, 0.5) is 0 Å². The monoisotopic (exact) mass is 384 g/mol. The van der Waals surface area contributed by atoms with Crippen LogP contribution in [-0.2, 0) is 16.6 Å². The highest BCUT2D eigenvalue weighted by atomic mass is 35.5. The maximum Gasteiger partial charge on any atom is 0.254 e. The number of carbonyl (C=O) groups is 1. The Morgan fingerprint density at radius 2 is 2.08 bits per heavy atom. The second-order valence-electron chi connectivity index (χ2n) is 5.21. The highest BCUT2D eigenvalue weighted by Gasteiger charge is 2.19. The first-order chi connectivity index (χ1) is 11.2. The smallest absolute Gasteiger partial charge is 0.254 e. The minimum atomic E-state index is -3.89. The van der Waals surface area contributed by atoms with Crippen LogP contribution in [0.5, 0.6) is 0 Å². The van der Waals surface area contributed by atoms with Crippen LogP contribution in [0.3, 0.4) is 0 Å². The summed E-state index contributed by atoms with van der Waals surface area (Å²) in [5.41, 5.74) is 0.753. The molecule has 5 nitrogen and oxygen atoms in total. The molecular weight excluding hydrogens is 368 g/mol. The summed E-state index contributed by atoms with van der Waals surface area (Å²) >= 11 is 7.31. The first kappa shape index (κ1) is 18.7. The quantitative estimate of drug-likeness (QED) is 0.776. The number of nitrogens with zero attached hydrogens (tertiary/aromatic N) is 1. The van der Waals surface area contributed by atoms with Crippen LogP contribution >= 0.6 is 22.9 Å². The van der Waals surface area contributed by atoms with Crippen LogP contribution in [0.15, 0.2) is 47.9 Å². The molecule has 2 rings (SSSR count). The Labute approximate surface area is 150 Å². The summed E-state index contributed by atoms with van der Waals surface area (Å²) in [5, 5.41) is 5.21. The molecule has 0 fully saturated rings. The van der Waals surface area contributed by atoms with Gasteiger partial charge in [-0.1, -0.05) is 23.7 Å². The molecule has 2 aromatic rings. The molecule has 0 saturated heterocycles. The molecule has 0 atom stereocenters. The van der Waals surface area contributed by atoms with Gasteiger partial charge in [-0.15, -0.1) is 17.9 Å². The van der Waals surface area contributed by atoms with Crippen LogP contribution in [0.1, 0.15) is 20.8 Å². The van der Waals surface area contributed by atoms with E-state index in [0.29, 0.717) is 23.0 Å². The molecule has 2 N–H and O–H groups in total. The Bertz CT molecular complexity index is 875. The molecule has 1 aromatic carbocycles. The lowest BCUT2D eigenvalue weighted by atomic mass is 10.1. The van der Waals surface area contributed by atoms with Crippen molar-refractivity contribution in [1.29, 1.82) is 0 Å². The molecule has 0 saturated carbocycles. The summed E-state index contributed by atoms with van der Waals surface area (Å²) in [4.78, 5) is 15.2. The number of halogens is 1. The predicted molar refractivity (Wildman–Crippen MR) is 96.8 cm³/mol. The largest absolute Gasteiger partial charge is 0.330 e. The predicted octanol–water partition coefficient (Wildman–Crippen LogP) is 3.19. The summed E-state index contributed by atoms with van der Waals surface area (Å²) in [6, 6.07) is 8.08. The summed E-state index contributed by atoms with van der Waals surface area (Å²) < 4.78 is 23.9. The molecule has 0 aliphatic heterocycles. The van der Waals surface area contributed by atoms with E-state index < -0.39 is 10.0 Å². The van der Waals surface area contributed by atoms with Gasteiger partial charge < -0.3 is 4.90 Å². The van der Waals surface area contributed by atoms with Crippen molar-refractivity contribution in [1.82, 2.24) is 4.90 Å². The Morgan fingerprint density at radius 3 is 2.62 bits per heavy atom. The Hall–Kier alpha value is -1.67. The molecule has 0 aliphatic carbocycles. The average Bonchev–Trinajstić information content (AvgIpc) is 2.90. The van der Waals surface area contributed by atoms with Crippen LogP contribution < -0.4 is 5.14 Å². The second kappa shape index (κ2) is 7.48. The van der Waals surface area contributed by atoms with Crippen molar-refractivity contribution in [3.05, 3.63) is 63.3 Å². The van der Waals surface area contributed by atoms with Crippen molar-refractivity contribution in [2.45, 2.75) is 18.4 Å². The van der Waals surface area contributed by atoms with Gasteiger partial charge in [-0.25, -0.2) is 13.6 Å². The number of sulfonamides is 1. The van der Waals surface area contributed by atoms with Gasteiger partial charge in [0.25, 0.3) is 5.91 Å². The van der Waals surface area contributed by atoms with E-state index in [0.717, 1.165) is 4.88 Å². The standard InChI is InChI=1S/C16H17ClN2O3S2/c1-3-8-19(10-13-6-7-15(17)23-13)16(20)12-5-4-11(2)14(9-12)24(18,21)22/h3-7,9H,1,8,10H2,2H3,(H2,18,21,22). The van der Waals surface area contributed by atoms with E-state index in [1.165, 1.54) is 17.4 Å². The topological polar surface area (TPSA) is 80.5 Å². The fraction of sp³-hybridized carbons (Fsp3) is 0.188. The molecule has 0 unspecified atom stereocenters. The number of hydrogen-bond donors (Lipinski definition) is 1. The lowest BCUT2D eigenvalue weighted by Crippen LogP contribution is -2.30. The minimum absolute atomic E-state index is 0.0499. The summed E-state index contributed by atoms with van der Waals surface area (Å²) in [5.74, 6) is -0.302. The number of amides is 1. The lowest BCUT2D eigenvalue weighted by molar-refractivity contribution is 0.0764. The Balaban J connectivity index is 2.34. The van der Waals surface area contributed by atoms with Gasteiger partial charge in [-0.05, 0) is 36.8 Å². The molecule has 128 valence electrons. The first-order valence-corrected chi connectivity index (χ1v) is 9.74. The van der Waals surface area contributed by atoms with Gasteiger partial charge in [0, 0.05) is 17.0 Å². The number of aryl methyl sites for hydroxylation is 1. The zero-order valence-electron chi connectivity index (χ0n) is 13.0. The zero-order chi connectivity index (χ0) is 17.9. The number of primary sulfonamides is 1. The Morgan fingerprint density at radius 1 is 1.38 bits per heavy atom. The van der Waals surface area contributed by atoms with Gasteiger partial charge in [-0.2, -0.15) is 0 Å². The molecule has 0 bridgehead atoms. The van der Waals surface area contributed by atoms with E-state index in [4.69, 9.17) is 16.7 Å². The number of thiophene rings is 1. The molecule has 1 aromatic heterocycles. The molecule has 0 radical (unpaired) electrons. The summed E-state index contributed by atoms with van der Waals surface area (Å²) in [6.45, 7) is 5.98. The lowest BCUT2D eigenvalue weighted by Gasteiger charge is -2.21. The molecule has 24 heavy (non-hydrogen) atoms. The van der Waals surface area contributed by atoms with Crippen LogP contribution in [0.2, 0.25) is 4.34 Å². The second-order valence-corrected chi connectivity index (χ2v) is 8.53. The van der Waals surface area contributed by atoms with Gasteiger partial charge in [0.1, 0.15) is 0 Å².